The number of imide groups is 2. The zero-order valence-electron chi connectivity index (χ0n) is 17.8. The lowest BCUT2D eigenvalue weighted by Crippen LogP contribution is -2.54. The van der Waals surface area contributed by atoms with Crippen molar-refractivity contribution in [1.29, 1.82) is 0 Å². The van der Waals surface area contributed by atoms with Crippen molar-refractivity contribution in [2.75, 3.05) is 4.90 Å². The molecular weight excluding hydrogens is 504 g/mol. The Balaban J connectivity index is 1.62. The van der Waals surface area contributed by atoms with E-state index in [-0.39, 0.29) is 5.57 Å². The number of rotatable bonds is 5. The second-order valence-electron chi connectivity index (χ2n) is 7.60. The first-order valence-electron chi connectivity index (χ1n) is 10.4. The molecule has 1 fully saturated rings. The van der Waals surface area contributed by atoms with Crippen molar-refractivity contribution in [1.82, 2.24) is 5.32 Å². The fraction of sp³-hybridized carbons (Fsp3) is 0.115. The van der Waals surface area contributed by atoms with Crippen LogP contribution in [-0.2, 0) is 22.4 Å². The number of halogens is 2. The molecule has 4 rings (SSSR count). The Morgan fingerprint density at radius 3 is 2.36 bits per heavy atom. The van der Waals surface area contributed by atoms with Gasteiger partial charge in [-0.1, -0.05) is 76.9 Å². The third-order valence-electron chi connectivity index (χ3n) is 5.43. The van der Waals surface area contributed by atoms with Crippen molar-refractivity contribution in [3.63, 3.8) is 0 Å². The molecule has 7 heteroatoms. The van der Waals surface area contributed by atoms with E-state index in [1.54, 1.807) is 24.3 Å². The number of hydrogen-bond donors (Lipinski definition) is 1. The number of nitrogens with one attached hydrogen (secondary N) is 1. The van der Waals surface area contributed by atoms with E-state index in [0.717, 1.165) is 32.5 Å². The summed E-state index contributed by atoms with van der Waals surface area (Å²) in [6, 6.07) is 19.6. The highest BCUT2D eigenvalue weighted by Gasteiger charge is 2.36. The number of anilines is 1. The third kappa shape index (κ3) is 4.92. The second-order valence-corrected chi connectivity index (χ2v) is 8.86. The van der Waals surface area contributed by atoms with Crippen molar-refractivity contribution in [2.45, 2.75) is 19.8 Å². The van der Waals surface area contributed by atoms with Crippen LogP contribution in [0.4, 0.5) is 10.5 Å². The van der Waals surface area contributed by atoms with E-state index in [9.17, 15) is 14.4 Å². The van der Waals surface area contributed by atoms with Crippen LogP contribution in [0.15, 0.2) is 76.8 Å². The molecule has 1 aliphatic rings. The summed E-state index contributed by atoms with van der Waals surface area (Å²) in [5.41, 5.74) is 3.94. The SMILES string of the molecule is CCc1ccc(N2C(=O)NC(=O)/C(=C\c3ccc(Cc4ccccc4Br)c(Cl)c3)C2=O)cc1. The Hall–Kier alpha value is -3.22. The van der Waals surface area contributed by atoms with Gasteiger partial charge in [-0.15, -0.1) is 0 Å². The zero-order chi connectivity index (χ0) is 23.5. The summed E-state index contributed by atoms with van der Waals surface area (Å²) < 4.78 is 0.994. The lowest BCUT2D eigenvalue weighted by molar-refractivity contribution is -0.122. The molecule has 3 aromatic rings. The van der Waals surface area contributed by atoms with E-state index in [1.807, 2.05) is 49.4 Å². The van der Waals surface area contributed by atoms with E-state index < -0.39 is 17.8 Å². The van der Waals surface area contributed by atoms with Gasteiger partial charge in [-0.25, -0.2) is 9.69 Å². The normalized spacial score (nSPS) is 15.2. The number of carbonyl (C=O) groups is 3. The molecule has 3 aromatic carbocycles. The Morgan fingerprint density at radius 2 is 1.70 bits per heavy atom. The number of benzene rings is 3. The van der Waals surface area contributed by atoms with Gasteiger partial charge in [-0.3, -0.25) is 14.9 Å². The predicted octanol–water partition coefficient (Wildman–Crippen LogP) is 5.92. The Morgan fingerprint density at radius 1 is 0.970 bits per heavy atom. The van der Waals surface area contributed by atoms with Crippen LogP contribution in [-0.4, -0.2) is 17.8 Å². The molecule has 4 amide bonds. The number of aryl methyl sites for hydroxylation is 1. The number of urea groups is 1. The molecule has 0 bridgehead atoms. The van der Waals surface area contributed by atoms with E-state index in [4.69, 9.17) is 11.6 Å². The van der Waals surface area contributed by atoms with Crippen molar-refractivity contribution in [3.05, 3.63) is 104 Å². The van der Waals surface area contributed by atoms with Gasteiger partial charge < -0.3 is 0 Å². The van der Waals surface area contributed by atoms with Crippen molar-refractivity contribution in [2.24, 2.45) is 0 Å². The quantitative estimate of drug-likeness (QED) is 0.333. The molecule has 0 radical (unpaired) electrons. The van der Waals surface area contributed by atoms with Crippen LogP contribution in [0.5, 0.6) is 0 Å². The first-order chi connectivity index (χ1) is 15.9. The Labute approximate surface area is 205 Å². The monoisotopic (exact) mass is 522 g/mol. The molecule has 0 atom stereocenters. The van der Waals surface area contributed by atoms with E-state index in [0.29, 0.717) is 22.7 Å². The van der Waals surface area contributed by atoms with Gasteiger partial charge in [0.2, 0.25) is 0 Å². The molecule has 33 heavy (non-hydrogen) atoms. The summed E-state index contributed by atoms with van der Waals surface area (Å²) in [6.07, 6.45) is 2.92. The topological polar surface area (TPSA) is 66.5 Å². The molecular formula is C26H20BrClN2O3. The van der Waals surface area contributed by atoms with Crippen LogP contribution in [0.25, 0.3) is 6.08 Å². The van der Waals surface area contributed by atoms with Crippen molar-refractivity contribution in [3.8, 4) is 0 Å². The summed E-state index contributed by atoms with van der Waals surface area (Å²) >= 11 is 10.0. The number of nitrogens with zero attached hydrogens (tertiary/aromatic N) is 1. The number of carbonyl (C=O) groups excluding carboxylic acids is 3. The van der Waals surface area contributed by atoms with Gasteiger partial charge in [0.05, 0.1) is 5.69 Å². The minimum Gasteiger partial charge on any atom is -0.273 e. The van der Waals surface area contributed by atoms with Gasteiger partial charge in [0, 0.05) is 15.9 Å². The maximum absolute atomic E-state index is 13.1. The second kappa shape index (κ2) is 9.73. The highest BCUT2D eigenvalue weighted by atomic mass is 79.9. The predicted molar refractivity (Wildman–Crippen MR) is 133 cm³/mol. The van der Waals surface area contributed by atoms with Gasteiger partial charge in [-0.05, 0) is 59.0 Å². The fourth-order valence-corrected chi connectivity index (χ4v) is 4.26. The molecule has 0 unspecified atom stereocenters. The van der Waals surface area contributed by atoms with Crippen LogP contribution in [0, 0.1) is 0 Å². The van der Waals surface area contributed by atoms with Crippen molar-refractivity contribution < 1.29 is 14.4 Å². The van der Waals surface area contributed by atoms with Gasteiger partial charge in [0.1, 0.15) is 5.57 Å². The van der Waals surface area contributed by atoms with E-state index in [1.165, 1.54) is 6.08 Å². The average molecular weight is 524 g/mol. The molecule has 1 saturated heterocycles. The lowest BCUT2D eigenvalue weighted by atomic mass is 10.0. The van der Waals surface area contributed by atoms with Crippen LogP contribution in [0.2, 0.25) is 5.02 Å². The smallest absolute Gasteiger partial charge is 0.273 e. The van der Waals surface area contributed by atoms with Crippen LogP contribution < -0.4 is 10.2 Å². The van der Waals surface area contributed by atoms with E-state index >= 15 is 0 Å². The molecule has 1 aliphatic heterocycles. The highest BCUT2D eigenvalue weighted by molar-refractivity contribution is 9.10. The van der Waals surface area contributed by atoms with Crippen LogP contribution >= 0.6 is 27.5 Å². The zero-order valence-corrected chi connectivity index (χ0v) is 20.1. The van der Waals surface area contributed by atoms with Gasteiger partial charge in [-0.2, -0.15) is 0 Å². The summed E-state index contributed by atoms with van der Waals surface area (Å²) in [7, 11) is 0. The fourth-order valence-electron chi connectivity index (χ4n) is 3.58. The maximum atomic E-state index is 13.1. The molecule has 0 spiro atoms. The largest absolute Gasteiger partial charge is 0.335 e. The Bertz CT molecular complexity index is 1280. The molecule has 166 valence electrons. The maximum Gasteiger partial charge on any atom is 0.335 e. The minimum absolute atomic E-state index is 0.135. The van der Waals surface area contributed by atoms with E-state index in [2.05, 4.69) is 21.2 Å². The minimum atomic E-state index is -0.770. The number of amides is 4. The molecule has 5 nitrogen and oxygen atoms in total. The molecule has 1 heterocycles. The van der Waals surface area contributed by atoms with Crippen LogP contribution in [0.3, 0.4) is 0 Å². The standard InChI is InChI=1S/C26H20BrClN2O3/c1-2-16-8-11-20(12-9-16)30-25(32)21(24(31)29-26(30)33)13-17-7-10-19(23(28)14-17)15-18-5-3-4-6-22(18)27/h3-14H,2,15H2,1H3,(H,29,31,33)/b21-13+. The lowest BCUT2D eigenvalue weighted by Gasteiger charge is -2.26. The first kappa shape index (κ1) is 23.0. The number of barbiturate groups is 1. The van der Waals surface area contributed by atoms with Gasteiger partial charge >= 0.3 is 6.03 Å². The Kier molecular flexibility index (Phi) is 6.77. The third-order valence-corrected chi connectivity index (χ3v) is 6.56. The first-order valence-corrected chi connectivity index (χ1v) is 11.6. The van der Waals surface area contributed by atoms with Crippen LogP contribution in [0.1, 0.15) is 29.2 Å². The molecule has 1 N–H and O–H groups in total. The van der Waals surface area contributed by atoms with Gasteiger partial charge in [0.25, 0.3) is 11.8 Å². The number of hydrogen-bond acceptors (Lipinski definition) is 3. The highest BCUT2D eigenvalue weighted by Crippen LogP contribution is 2.27. The summed E-state index contributed by atoms with van der Waals surface area (Å²) in [6.45, 7) is 2.02. The summed E-state index contributed by atoms with van der Waals surface area (Å²) in [5, 5.41) is 2.76. The summed E-state index contributed by atoms with van der Waals surface area (Å²) in [4.78, 5) is 38.9. The average Bonchev–Trinajstić information content (AvgIpc) is 2.80. The van der Waals surface area contributed by atoms with Crippen molar-refractivity contribution >= 4 is 57.1 Å². The molecule has 0 aliphatic carbocycles. The summed E-state index contributed by atoms with van der Waals surface area (Å²) in [5.74, 6) is -1.42. The molecule has 0 saturated carbocycles. The van der Waals surface area contributed by atoms with Gasteiger partial charge in [0.15, 0.2) is 0 Å². The molecule has 0 aromatic heterocycles.